The van der Waals surface area contributed by atoms with Crippen molar-refractivity contribution in [3.8, 4) is 5.95 Å². The zero-order valence-electron chi connectivity index (χ0n) is 9.18. The van der Waals surface area contributed by atoms with Crippen molar-refractivity contribution in [1.29, 1.82) is 0 Å². The molecule has 0 aliphatic heterocycles. The van der Waals surface area contributed by atoms with Gasteiger partial charge in [0.25, 0.3) is 0 Å². The summed E-state index contributed by atoms with van der Waals surface area (Å²) in [5.74, 6) is 1.48. The van der Waals surface area contributed by atoms with Crippen LogP contribution in [-0.4, -0.2) is 24.5 Å². The van der Waals surface area contributed by atoms with Crippen molar-refractivity contribution in [2.24, 2.45) is 0 Å². The van der Waals surface area contributed by atoms with Crippen LogP contribution in [0.2, 0.25) is 0 Å². The van der Waals surface area contributed by atoms with Crippen LogP contribution in [0, 0.1) is 6.92 Å². The minimum atomic E-state index is 0.107. The molecule has 2 rings (SSSR count). The molecule has 0 saturated carbocycles. The molecule has 2 aromatic rings. The summed E-state index contributed by atoms with van der Waals surface area (Å²) in [6, 6.07) is 0. The van der Waals surface area contributed by atoms with Gasteiger partial charge in [-0.15, -0.1) is 0 Å². The Balaban J connectivity index is 2.57. The number of rotatable bonds is 2. The number of nitrogen functional groups attached to an aromatic ring is 2. The molecule has 4 N–H and O–H groups in total. The van der Waals surface area contributed by atoms with Gasteiger partial charge in [-0.25, -0.2) is 4.98 Å². The fourth-order valence-corrected chi connectivity index (χ4v) is 1.48. The summed E-state index contributed by atoms with van der Waals surface area (Å²) in [6.45, 7) is 3.91. The molecule has 0 radical (unpaired) electrons. The van der Waals surface area contributed by atoms with Gasteiger partial charge >= 0.3 is 0 Å². The molecule has 2 aromatic heterocycles. The van der Waals surface area contributed by atoms with E-state index in [0.717, 1.165) is 17.9 Å². The topological polar surface area (TPSA) is 109 Å². The largest absolute Gasteiger partial charge is 0.368 e. The monoisotopic (exact) mass is 219 g/mol. The van der Waals surface area contributed by atoms with Crippen molar-refractivity contribution in [3.63, 3.8) is 0 Å². The summed E-state index contributed by atoms with van der Waals surface area (Å²) in [7, 11) is 0. The summed E-state index contributed by atoms with van der Waals surface area (Å²) >= 11 is 0. The molecule has 0 spiro atoms. The molecule has 7 heteroatoms. The van der Waals surface area contributed by atoms with Crippen LogP contribution in [0.1, 0.15) is 18.4 Å². The van der Waals surface area contributed by atoms with E-state index in [1.807, 2.05) is 20.0 Å². The van der Waals surface area contributed by atoms with Gasteiger partial charge in [0.15, 0.2) is 0 Å². The van der Waals surface area contributed by atoms with Gasteiger partial charge in [-0.1, -0.05) is 6.92 Å². The number of hydrogen-bond acceptors (Lipinski definition) is 6. The van der Waals surface area contributed by atoms with E-state index < -0.39 is 0 Å². The highest BCUT2D eigenvalue weighted by molar-refractivity contribution is 5.32. The molecule has 0 aliphatic carbocycles. The minimum absolute atomic E-state index is 0.107. The van der Waals surface area contributed by atoms with Crippen molar-refractivity contribution in [1.82, 2.24) is 24.5 Å². The Labute approximate surface area is 92.6 Å². The summed E-state index contributed by atoms with van der Waals surface area (Å²) < 4.78 is 1.77. The minimum Gasteiger partial charge on any atom is -0.368 e. The van der Waals surface area contributed by atoms with Crippen LogP contribution < -0.4 is 11.5 Å². The molecular weight excluding hydrogens is 206 g/mol. The molecule has 0 atom stereocenters. The number of hydrogen-bond donors (Lipinski definition) is 2. The predicted molar refractivity (Wildman–Crippen MR) is 59.9 cm³/mol. The van der Waals surface area contributed by atoms with Crippen molar-refractivity contribution < 1.29 is 0 Å². The van der Waals surface area contributed by atoms with E-state index in [0.29, 0.717) is 5.95 Å². The van der Waals surface area contributed by atoms with Crippen molar-refractivity contribution >= 4 is 11.9 Å². The molecule has 0 aromatic carbocycles. The maximum Gasteiger partial charge on any atom is 0.241 e. The SMILES string of the molecule is CCc1nc(C)cn1-c1nc(N)nc(N)n1. The molecule has 0 fully saturated rings. The third-order valence-electron chi connectivity index (χ3n) is 2.09. The Hall–Kier alpha value is -2.18. The highest BCUT2D eigenvalue weighted by Crippen LogP contribution is 2.10. The smallest absolute Gasteiger partial charge is 0.241 e. The molecular formula is C9H13N7. The van der Waals surface area contributed by atoms with E-state index in [2.05, 4.69) is 19.9 Å². The Bertz CT molecular complexity index is 496. The lowest BCUT2D eigenvalue weighted by atomic mass is 10.4. The number of anilines is 2. The molecule has 16 heavy (non-hydrogen) atoms. The molecule has 0 unspecified atom stereocenters. The number of imidazole rings is 1. The van der Waals surface area contributed by atoms with Crippen LogP contribution in [0.15, 0.2) is 6.20 Å². The van der Waals surface area contributed by atoms with Gasteiger partial charge in [-0.2, -0.15) is 15.0 Å². The second-order valence-corrected chi connectivity index (χ2v) is 3.37. The molecule has 0 amide bonds. The number of nitrogens with zero attached hydrogens (tertiary/aromatic N) is 5. The van der Waals surface area contributed by atoms with Gasteiger partial charge in [-0.05, 0) is 6.92 Å². The first kappa shape index (κ1) is 10.3. The fraction of sp³-hybridized carbons (Fsp3) is 0.333. The maximum absolute atomic E-state index is 5.52. The van der Waals surface area contributed by atoms with E-state index >= 15 is 0 Å². The Morgan fingerprint density at radius 1 is 1.12 bits per heavy atom. The van der Waals surface area contributed by atoms with E-state index in [1.165, 1.54) is 0 Å². The van der Waals surface area contributed by atoms with Crippen LogP contribution in [0.25, 0.3) is 5.95 Å². The average molecular weight is 219 g/mol. The predicted octanol–water partition coefficient (Wildman–Crippen LogP) is 0.0925. The van der Waals surface area contributed by atoms with Crippen molar-refractivity contribution in [2.75, 3.05) is 11.5 Å². The summed E-state index contributed by atoms with van der Waals surface area (Å²) in [5.41, 5.74) is 11.9. The van der Waals surface area contributed by atoms with Crippen molar-refractivity contribution in [2.45, 2.75) is 20.3 Å². The lowest BCUT2D eigenvalue weighted by molar-refractivity contribution is 0.830. The first-order valence-corrected chi connectivity index (χ1v) is 4.92. The second-order valence-electron chi connectivity index (χ2n) is 3.37. The second kappa shape index (κ2) is 3.76. The van der Waals surface area contributed by atoms with Crippen LogP contribution in [-0.2, 0) is 6.42 Å². The Morgan fingerprint density at radius 2 is 1.75 bits per heavy atom. The molecule has 2 heterocycles. The zero-order valence-corrected chi connectivity index (χ0v) is 9.18. The standard InChI is InChI=1S/C9H13N7/c1-3-6-12-5(2)4-16(6)9-14-7(10)13-8(11)15-9/h4H,3H2,1-2H3,(H4,10,11,13,14,15). The quantitative estimate of drug-likeness (QED) is 0.741. The van der Waals surface area contributed by atoms with Gasteiger partial charge in [-0.3, -0.25) is 4.57 Å². The zero-order chi connectivity index (χ0) is 11.7. The van der Waals surface area contributed by atoms with Crippen LogP contribution in [0.3, 0.4) is 0 Å². The summed E-state index contributed by atoms with van der Waals surface area (Å²) in [5, 5.41) is 0. The lowest BCUT2D eigenvalue weighted by Gasteiger charge is -2.04. The molecule has 0 bridgehead atoms. The van der Waals surface area contributed by atoms with E-state index in [1.54, 1.807) is 4.57 Å². The van der Waals surface area contributed by atoms with E-state index in [-0.39, 0.29) is 11.9 Å². The molecule has 0 saturated heterocycles. The van der Waals surface area contributed by atoms with E-state index in [4.69, 9.17) is 11.5 Å². The molecule has 84 valence electrons. The first-order chi connectivity index (χ1) is 7.60. The summed E-state index contributed by atoms with van der Waals surface area (Å²) in [6.07, 6.45) is 2.62. The number of nitrogens with two attached hydrogens (primary N) is 2. The molecule has 0 aliphatic rings. The molecule has 7 nitrogen and oxygen atoms in total. The third kappa shape index (κ3) is 1.79. The Morgan fingerprint density at radius 3 is 2.31 bits per heavy atom. The maximum atomic E-state index is 5.52. The number of aryl methyl sites for hydroxylation is 2. The van der Waals surface area contributed by atoms with Gasteiger partial charge in [0, 0.05) is 12.6 Å². The highest BCUT2D eigenvalue weighted by atomic mass is 15.3. The highest BCUT2D eigenvalue weighted by Gasteiger charge is 2.09. The van der Waals surface area contributed by atoms with E-state index in [9.17, 15) is 0 Å². The third-order valence-corrected chi connectivity index (χ3v) is 2.09. The van der Waals surface area contributed by atoms with Gasteiger partial charge in [0.05, 0.1) is 5.69 Å². The normalized spacial score (nSPS) is 10.6. The average Bonchev–Trinajstić information content (AvgIpc) is 2.58. The van der Waals surface area contributed by atoms with Gasteiger partial charge in [0.2, 0.25) is 17.8 Å². The first-order valence-electron chi connectivity index (χ1n) is 4.92. The summed E-state index contributed by atoms with van der Waals surface area (Å²) in [4.78, 5) is 16.1. The Kier molecular flexibility index (Phi) is 2.43. The fourth-order valence-electron chi connectivity index (χ4n) is 1.48. The van der Waals surface area contributed by atoms with Crippen LogP contribution in [0.4, 0.5) is 11.9 Å². The van der Waals surface area contributed by atoms with Crippen LogP contribution in [0.5, 0.6) is 0 Å². The van der Waals surface area contributed by atoms with Crippen LogP contribution >= 0.6 is 0 Å². The number of aromatic nitrogens is 5. The van der Waals surface area contributed by atoms with Gasteiger partial charge < -0.3 is 11.5 Å². The van der Waals surface area contributed by atoms with Gasteiger partial charge in [0.1, 0.15) is 5.82 Å². The lowest BCUT2D eigenvalue weighted by Crippen LogP contribution is -2.10. The van der Waals surface area contributed by atoms with Crippen molar-refractivity contribution in [3.05, 3.63) is 17.7 Å².